The molecule has 114 valence electrons. The molecule has 4 nitrogen and oxygen atoms in total. The lowest BCUT2D eigenvalue weighted by Crippen LogP contribution is -2.33. The predicted octanol–water partition coefficient (Wildman–Crippen LogP) is 2.87. The largest absolute Gasteiger partial charge is 0.493 e. The molecule has 0 bridgehead atoms. The van der Waals surface area contributed by atoms with E-state index in [-0.39, 0.29) is 0 Å². The molecule has 4 heteroatoms. The number of para-hydroxylation sites is 1. The van der Waals surface area contributed by atoms with E-state index >= 15 is 0 Å². The Labute approximate surface area is 126 Å². The van der Waals surface area contributed by atoms with Gasteiger partial charge in [-0.25, -0.2) is 4.79 Å². The van der Waals surface area contributed by atoms with Gasteiger partial charge in [0, 0.05) is 18.7 Å². The van der Waals surface area contributed by atoms with E-state index in [0.29, 0.717) is 18.7 Å². The molecule has 0 saturated carbocycles. The third kappa shape index (κ3) is 4.90. The van der Waals surface area contributed by atoms with Crippen LogP contribution in [-0.2, 0) is 4.79 Å². The van der Waals surface area contributed by atoms with E-state index in [1.165, 1.54) is 0 Å². The number of aryl methyl sites for hydroxylation is 1. The summed E-state index contributed by atoms with van der Waals surface area (Å²) in [4.78, 5) is 13.2. The van der Waals surface area contributed by atoms with Crippen molar-refractivity contribution >= 4 is 5.97 Å². The van der Waals surface area contributed by atoms with Crippen LogP contribution in [0.3, 0.4) is 0 Å². The summed E-state index contributed by atoms with van der Waals surface area (Å²) in [6.07, 6.45) is 4.68. The van der Waals surface area contributed by atoms with Crippen LogP contribution in [0.2, 0.25) is 0 Å². The lowest BCUT2D eigenvalue weighted by molar-refractivity contribution is -0.133. The van der Waals surface area contributed by atoms with Crippen LogP contribution in [0.4, 0.5) is 0 Å². The van der Waals surface area contributed by atoms with Gasteiger partial charge in [-0.2, -0.15) is 0 Å². The molecule has 21 heavy (non-hydrogen) atoms. The zero-order chi connectivity index (χ0) is 15.1. The number of unbranched alkanes of at least 4 members (excludes halogenated alkanes) is 1. The smallest absolute Gasteiger partial charge is 0.332 e. The van der Waals surface area contributed by atoms with E-state index in [9.17, 15) is 4.79 Å². The fourth-order valence-corrected chi connectivity index (χ4v) is 2.49. The number of hydrogen-bond donors (Lipinski definition) is 1. The number of carboxylic acid groups (broad SMARTS) is 1. The molecule has 1 heterocycles. The Bertz CT molecular complexity index is 511. The highest BCUT2D eigenvalue weighted by molar-refractivity contribution is 5.87. The lowest BCUT2D eigenvalue weighted by Gasteiger charge is -2.25. The Morgan fingerprint density at radius 2 is 2.14 bits per heavy atom. The molecule has 1 aromatic rings. The number of carboxylic acids is 1. The average molecular weight is 289 g/mol. The lowest BCUT2D eigenvalue weighted by atomic mass is 10.1. The molecule has 0 amide bonds. The summed E-state index contributed by atoms with van der Waals surface area (Å²) >= 11 is 0. The summed E-state index contributed by atoms with van der Waals surface area (Å²) < 4.78 is 5.76. The third-order valence-electron chi connectivity index (χ3n) is 3.72. The van der Waals surface area contributed by atoms with Crippen LogP contribution >= 0.6 is 0 Å². The van der Waals surface area contributed by atoms with E-state index in [0.717, 1.165) is 43.7 Å². The minimum absolute atomic E-state index is 0.525. The Balaban J connectivity index is 1.63. The summed E-state index contributed by atoms with van der Waals surface area (Å²) in [5.41, 5.74) is 1.68. The van der Waals surface area contributed by atoms with Gasteiger partial charge >= 0.3 is 5.97 Å². The van der Waals surface area contributed by atoms with Crippen LogP contribution in [0, 0.1) is 6.92 Å². The molecule has 1 aromatic carbocycles. The first-order chi connectivity index (χ1) is 10.2. The Hall–Kier alpha value is -1.81. The van der Waals surface area contributed by atoms with Crippen LogP contribution in [-0.4, -0.2) is 42.2 Å². The second-order valence-corrected chi connectivity index (χ2v) is 5.42. The van der Waals surface area contributed by atoms with Crippen LogP contribution < -0.4 is 4.74 Å². The maximum atomic E-state index is 11.0. The average Bonchev–Trinajstić information content (AvgIpc) is 2.49. The molecule has 2 rings (SSSR count). The summed E-state index contributed by atoms with van der Waals surface area (Å²) in [5, 5.41) is 9.00. The summed E-state index contributed by atoms with van der Waals surface area (Å²) in [5.74, 6) is 0.161. The number of aliphatic carboxylic acids is 1. The Morgan fingerprint density at radius 1 is 1.33 bits per heavy atom. The van der Waals surface area contributed by atoms with Crippen molar-refractivity contribution in [2.45, 2.75) is 26.2 Å². The fraction of sp³-hybridized carbons (Fsp3) is 0.471. The van der Waals surface area contributed by atoms with Crippen molar-refractivity contribution in [3.8, 4) is 5.75 Å². The Kier molecular flexibility index (Phi) is 5.81. The van der Waals surface area contributed by atoms with E-state index in [1.54, 1.807) is 0 Å². The topological polar surface area (TPSA) is 49.8 Å². The maximum absolute atomic E-state index is 11.0. The fourth-order valence-electron chi connectivity index (χ4n) is 2.49. The molecule has 0 fully saturated rings. The van der Waals surface area contributed by atoms with Crippen molar-refractivity contribution in [1.29, 1.82) is 0 Å². The third-order valence-corrected chi connectivity index (χ3v) is 3.72. The molecule has 0 atom stereocenters. The second-order valence-electron chi connectivity index (χ2n) is 5.42. The zero-order valence-electron chi connectivity index (χ0n) is 12.5. The molecule has 1 aliphatic rings. The molecule has 0 radical (unpaired) electrons. The first kappa shape index (κ1) is 15.6. The minimum Gasteiger partial charge on any atom is -0.493 e. The van der Waals surface area contributed by atoms with E-state index in [1.807, 2.05) is 37.3 Å². The molecule has 1 N–H and O–H groups in total. The van der Waals surface area contributed by atoms with Crippen LogP contribution in [0.5, 0.6) is 5.75 Å². The molecule has 0 aliphatic carbocycles. The molecule has 0 saturated heterocycles. The minimum atomic E-state index is -0.789. The molecule has 1 aliphatic heterocycles. The van der Waals surface area contributed by atoms with Crippen molar-refractivity contribution < 1.29 is 14.6 Å². The van der Waals surface area contributed by atoms with Gasteiger partial charge in [-0.05, 0) is 44.4 Å². The number of benzene rings is 1. The predicted molar refractivity (Wildman–Crippen MR) is 82.7 cm³/mol. The summed E-state index contributed by atoms with van der Waals surface area (Å²) in [7, 11) is 0. The normalized spacial score (nSPS) is 15.6. The SMILES string of the molecule is Cc1ccccc1OCCCCN1CCC=C(C(=O)O)C1. The first-order valence-corrected chi connectivity index (χ1v) is 7.50. The van der Waals surface area contributed by atoms with Crippen molar-refractivity contribution in [2.75, 3.05) is 26.2 Å². The van der Waals surface area contributed by atoms with Gasteiger partial charge in [0.2, 0.25) is 0 Å². The van der Waals surface area contributed by atoms with Gasteiger partial charge in [-0.1, -0.05) is 24.3 Å². The quantitative estimate of drug-likeness (QED) is 0.784. The molecule has 0 unspecified atom stereocenters. The van der Waals surface area contributed by atoms with E-state index in [4.69, 9.17) is 9.84 Å². The first-order valence-electron chi connectivity index (χ1n) is 7.50. The van der Waals surface area contributed by atoms with Gasteiger partial charge < -0.3 is 9.84 Å². The van der Waals surface area contributed by atoms with E-state index in [2.05, 4.69) is 4.90 Å². The van der Waals surface area contributed by atoms with Crippen molar-refractivity contribution in [1.82, 2.24) is 4.90 Å². The number of ether oxygens (including phenoxy) is 1. The number of carbonyl (C=O) groups is 1. The number of rotatable bonds is 7. The zero-order valence-corrected chi connectivity index (χ0v) is 12.5. The van der Waals surface area contributed by atoms with Gasteiger partial charge in [0.25, 0.3) is 0 Å². The molecule has 0 aromatic heterocycles. The molecule has 0 spiro atoms. The van der Waals surface area contributed by atoms with Gasteiger partial charge in [-0.3, -0.25) is 4.90 Å². The highest BCUT2D eigenvalue weighted by atomic mass is 16.5. The van der Waals surface area contributed by atoms with Gasteiger partial charge in [0.05, 0.1) is 6.61 Å². The van der Waals surface area contributed by atoms with Crippen LogP contribution in [0.15, 0.2) is 35.9 Å². The molecular weight excluding hydrogens is 266 g/mol. The monoisotopic (exact) mass is 289 g/mol. The second kappa shape index (κ2) is 7.84. The van der Waals surface area contributed by atoms with Crippen molar-refractivity contribution in [3.05, 3.63) is 41.5 Å². The van der Waals surface area contributed by atoms with Gasteiger partial charge in [0.1, 0.15) is 5.75 Å². The highest BCUT2D eigenvalue weighted by Crippen LogP contribution is 2.16. The van der Waals surface area contributed by atoms with Gasteiger partial charge in [0.15, 0.2) is 0 Å². The number of hydrogen-bond acceptors (Lipinski definition) is 3. The maximum Gasteiger partial charge on any atom is 0.332 e. The summed E-state index contributed by atoms with van der Waals surface area (Å²) in [6, 6.07) is 8.02. The van der Waals surface area contributed by atoms with E-state index < -0.39 is 5.97 Å². The van der Waals surface area contributed by atoms with Crippen LogP contribution in [0.1, 0.15) is 24.8 Å². The molecular formula is C17H23NO3. The van der Waals surface area contributed by atoms with Crippen LogP contribution in [0.25, 0.3) is 0 Å². The van der Waals surface area contributed by atoms with Crippen molar-refractivity contribution in [3.63, 3.8) is 0 Å². The Morgan fingerprint density at radius 3 is 2.90 bits per heavy atom. The van der Waals surface area contributed by atoms with Gasteiger partial charge in [-0.15, -0.1) is 0 Å². The van der Waals surface area contributed by atoms with Crippen molar-refractivity contribution in [2.24, 2.45) is 0 Å². The standard InChI is InChI=1S/C17H23NO3/c1-14-7-2-3-9-16(14)21-12-5-4-10-18-11-6-8-15(13-18)17(19)20/h2-3,7-9H,4-6,10-13H2,1H3,(H,19,20). The highest BCUT2D eigenvalue weighted by Gasteiger charge is 2.16. The summed E-state index contributed by atoms with van der Waals surface area (Å²) in [6.45, 7) is 5.20. The number of nitrogens with zero attached hydrogens (tertiary/aromatic N) is 1.